The summed E-state index contributed by atoms with van der Waals surface area (Å²) >= 11 is 0. The quantitative estimate of drug-likeness (QED) is 0.791. The molecule has 0 heterocycles. The largest absolute Gasteiger partial charge is 0.465 e. The highest BCUT2D eigenvalue weighted by molar-refractivity contribution is 5.65. The number of carboxylic acid groups (broad SMARTS) is 1. The van der Waals surface area contributed by atoms with Gasteiger partial charge in [0.15, 0.2) is 0 Å². The highest BCUT2D eigenvalue weighted by Crippen LogP contribution is 2.17. The zero-order valence-electron chi connectivity index (χ0n) is 11.4. The Kier molecular flexibility index (Phi) is 9.44. The molecule has 0 aromatic heterocycles. The molecule has 1 saturated carbocycles. The van der Waals surface area contributed by atoms with E-state index in [1.165, 1.54) is 6.07 Å². The number of rotatable bonds is 3. The Hall–Kier alpha value is -1.62. The minimum Gasteiger partial charge on any atom is -0.465 e. The van der Waals surface area contributed by atoms with Crippen LogP contribution in [0, 0.1) is 5.82 Å². The predicted octanol–water partition coefficient (Wildman–Crippen LogP) is 2.80. The number of hydrogen-bond donors (Lipinski definition) is 3. The summed E-state index contributed by atoms with van der Waals surface area (Å²) in [6.07, 6.45) is 2.98. The summed E-state index contributed by atoms with van der Waals surface area (Å²) in [7, 11) is 1.00. The lowest BCUT2D eigenvalue weighted by Crippen LogP contribution is -2.22. The van der Waals surface area contributed by atoms with Crippen molar-refractivity contribution in [2.24, 2.45) is 0 Å². The summed E-state index contributed by atoms with van der Waals surface area (Å²) in [5, 5.41) is 17.3. The number of halogens is 1. The fourth-order valence-corrected chi connectivity index (χ4v) is 1.37. The molecule has 5 heteroatoms. The highest BCUT2D eigenvalue weighted by atomic mass is 19.1. The lowest BCUT2D eigenvalue weighted by Gasteiger charge is -1.97. The summed E-state index contributed by atoms with van der Waals surface area (Å²) in [5.41, 5.74) is 0.824. The first kappa shape index (κ1) is 17.4. The number of aliphatic hydroxyl groups is 1. The second kappa shape index (κ2) is 10.3. The minimum atomic E-state index is -0.900. The van der Waals surface area contributed by atoms with E-state index in [-0.39, 0.29) is 11.9 Å². The van der Waals surface area contributed by atoms with E-state index in [0.29, 0.717) is 0 Å². The van der Waals surface area contributed by atoms with Gasteiger partial charge in [-0.2, -0.15) is 0 Å². The number of nitrogens with one attached hydrogen (secondary N) is 1. The van der Waals surface area contributed by atoms with Crippen LogP contribution in [-0.2, 0) is 6.42 Å². The molecule has 1 aliphatic rings. The molecule has 0 aliphatic heterocycles. The molecule has 1 aliphatic carbocycles. The SMILES string of the molecule is CCCc1ccccc1F.CO.O=C(O)NC1CC1. The van der Waals surface area contributed by atoms with Crippen LogP contribution in [0.3, 0.4) is 0 Å². The van der Waals surface area contributed by atoms with Crippen molar-refractivity contribution in [2.45, 2.75) is 38.6 Å². The molecule has 108 valence electrons. The molecule has 0 radical (unpaired) electrons. The van der Waals surface area contributed by atoms with E-state index in [0.717, 1.165) is 38.4 Å². The van der Waals surface area contributed by atoms with Crippen LogP contribution in [0.2, 0.25) is 0 Å². The maximum Gasteiger partial charge on any atom is 0.404 e. The molecular weight excluding hydrogens is 249 g/mol. The Bertz CT molecular complexity index is 367. The van der Waals surface area contributed by atoms with Crippen LogP contribution in [0.4, 0.5) is 9.18 Å². The van der Waals surface area contributed by atoms with Gasteiger partial charge in [-0.3, -0.25) is 0 Å². The zero-order chi connectivity index (χ0) is 14.7. The maximum atomic E-state index is 12.8. The van der Waals surface area contributed by atoms with Gasteiger partial charge in [0.2, 0.25) is 0 Å². The molecule has 1 aromatic rings. The first-order valence-corrected chi connectivity index (χ1v) is 6.31. The standard InChI is InChI=1S/C9H11F.C4H7NO2.CH4O/c1-2-5-8-6-3-4-7-9(8)10;6-4(7)5-3-1-2-3;1-2/h3-4,6-7H,2,5H2,1H3;3,5H,1-2H2,(H,6,7);2H,1H3. The van der Waals surface area contributed by atoms with Gasteiger partial charge in [0.25, 0.3) is 0 Å². The summed E-state index contributed by atoms with van der Waals surface area (Å²) in [6.45, 7) is 2.05. The number of benzene rings is 1. The predicted molar refractivity (Wildman–Crippen MR) is 72.7 cm³/mol. The summed E-state index contributed by atoms with van der Waals surface area (Å²) < 4.78 is 12.8. The zero-order valence-corrected chi connectivity index (χ0v) is 11.4. The van der Waals surface area contributed by atoms with E-state index in [1.807, 2.05) is 19.1 Å². The lowest BCUT2D eigenvalue weighted by atomic mass is 10.1. The van der Waals surface area contributed by atoms with Crippen LogP contribution in [0.15, 0.2) is 24.3 Å². The van der Waals surface area contributed by atoms with Gasteiger partial charge in [-0.1, -0.05) is 31.5 Å². The van der Waals surface area contributed by atoms with Crippen LogP contribution >= 0.6 is 0 Å². The molecule has 0 spiro atoms. The average Bonchev–Trinajstić information content (AvgIpc) is 3.19. The van der Waals surface area contributed by atoms with Gasteiger partial charge in [0.1, 0.15) is 5.82 Å². The molecule has 2 rings (SSSR count). The Labute approximate surface area is 113 Å². The Morgan fingerprint density at radius 1 is 1.37 bits per heavy atom. The lowest BCUT2D eigenvalue weighted by molar-refractivity contribution is 0.194. The van der Waals surface area contributed by atoms with Crippen molar-refractivity contribution in [2.75, 3.05) is 7.11 Å². The van der Waals surface area contributed by atoms with E-state index >= 15 is 0 Å². The van der Waals surface area contributed by atoms with Gasteiger partial charge in [-0.15, -0.1) is 0 Å². The number of aliphatic hydroxyl groups excluding tert-OH is 1. The minimum absolute atomic E-state index is 0.0793. The molecule has 0 bridgehead atoms. The molecular formula is C14H22FNO3. The van der Waals surface area contributed by atoms with Crippen LogP contribution in [0.1, 0.15) is 31.7 Å². The van der Waals surface area contributed by atoms with Crippen molar-refractivity contribution in [3.8, 4) is 0 Å². The number of amides is 1. The van der Waals surface area contributed by atoms with E-state index in [1.54, 1.807) is 6.07 Å². The van der Waals surface area contributed by atoms with Crippen molar-refractivity contribution in [3.63, 3.8) is 0 Å². The van der Waals surface area contributed by atoms with E-state index < -0.39 is 6.09 Å². The second-order valence-corrected chi connectivity index (χ2v) is 4.07. The highest BCUT2D eigenvalue weighted by Gasteiger charge is 2.22. The maximum absolute atomic E-state index is 12.8. The van der Waals surface area contributed by atoms with Gasteiger partial charge in [0.05, 0.1) is 0 Å². The van der Waals surface area contributed by atoms with Gasteiger partial charge < -0.3 is 15.5 Å². The molecule has 0 saturated heterocycles. The van der Waals surface area contributed by atoms with Crippen molar-refractivity contribution in [3.05, 3.63) is 35.6 Å². The molecule has 0 atom stereocenters. The van der Waals surface area contributed by atoms with E-state index in [2.05, 4.69) is 5.32 Å². The molecule has 0 unspecified atom stereocenters. The second-order valence-electron chi connectivity index (χ2n) is 4.07. The average molecular weight is 271 g/mol. The van der Waals surface area contributed by atoms with Gasteiger partial charge in [-0.25, -0.2) is 9.18 Å². The number of hydrogen-bond acceptors (Lipinski definition) is 2. The molecule has 3 N–H and O–H groups in total. The Balaban J connectivity index is 0.000000316. The first-order valence-electron chi connectivity index (χ1n) is 6.31. The third kappa shape index (κ3) is 9.02. The molecule has 1 amide bonds. The smallest absolute Gasteiger partial charge is 0.404 e. The van der Waals surface area contributed by atoms with Crippen LogP contribution in [-0.4, -0.2) is 29.5 Å². The molecule has 19 heavy (non-hydrogen) atoms. The number of carbonyl (C=O) groups is 1. The molecule has 1 fully saturated rings. The van der Waals surface area contributed by atoms with Gasteiger partial charge >= 0.3 is 6.09 Å². The van der Waals surface area contributed by atoms with E-state index in [9.17, 15) is 9.18 Å². The monoisotopic (exact) mass is 271 g/mol. The van der Waals surface area contributed by atoms with Crippen LogP contribution < -0.4 is 5.32 Å². The van der Waals surface area contributed by atoms with Crippen molar-refractivity contribution < 1.29 is 19.4 Å². The molecule has 4 nitrogen and oxygen atoms in total. The summed E-state index contributed by atoms with van der Waals surface area (Å²) in [6, 6.07) is 7.20. The molecule has 1 aromatic carbocycles. The van der Waals surface area contributed by atoms with Gasteiger partial charge in [0, 0.05) is 13.2 Å². The fraction of sp³-hybridized carbons (Fsp3) is 0.500. The van der Waals surface area contributed by atoms with Crippen LogP contribution in [0.25, 0.3) is 0 Å². The summed E-state index contributed by atoms with van der Waals surface area (Å²) in [5.74, 6) is -0.0793. The van der Waals surface area contributed by atoms with Crippen molar-refractivity contribution in [1.82, 2.24) is 5.32 Å². The van der Waals surface area contributed by atoms with Gasteiger partial charge in [-0.05, 0) is 30.9 Å². The fourth-order valence-electron chi connectivity index (χ4n) is 1.37. The number of aryl methyl sites for hydroxylation is 1. The third-order valence-corrected chi connectivity index (χ3v) is 2.38. The van der Waals surface area contributed by atoms with Crippen LogP contribution in [0.5, 0.6) is 0 Å². The third-order valence-electron chi connectivity index (χ3n) is 2.38. The Morgan fingerprint density at radius 3 is 2.32 bits per heavy atom. The van der Waals surface area contributed by atoms with Crippen molar-refractivity contribution >= 4 is 6.09 Å². The topological polar surface area (TPSA) is 69.6 Å². The van der Waals surface area contributed by atoms with E-state index in [4.69, 9.17) is 10.2 Å². The van der Waals surface area contributed by atoms with Crippen molar-refractivity contribution in [1.29, 1.82) is 0 Å². The Morgan fingerprint density at radius 2 is 1.95 bits per heavy atom. The summed E-state index contributed by atoms with van der Waals surface area (Å²) in [4.78, 5) is 9.74. The first-order chi connectivity index (χ1) is 9.13. The normalized spacial score (nSPS) is 12.4.